The van der Waals surface area contributed by atoms with Gasteiger partial charge >= 0.3 is 0 Å². The van der Waals surface area contributed by atoms with E-state index in [1.54, 1.807) is 10.6 Å². The molecular weight excluding hydrogens is 494 g/mol. The van der Waals surface area contributed by atoms with E-state index in [1.807, 2.05) is 24.0 Å². The van der Waals surface area contributed by atoms with Crippen LogP contribution in [0, 0.1) is 0 Å². The average Bonchev–Trinajstić information content (AvgIpc) is 3.44. The lowest BCUT2D eigenvalue weighted by Gasteiger charge is -2.49. The summed E-state index contributed by atoms with van der Waals surface area (Å²) in [5.41, 5.74) is 3.92. The highest BCUT2D eigenvalue weighted by atomic mass is 16.6. The van der Waals surface area contributed by atoms with E-state index in [0.29, 0.717) is 19.3 Å². The SMILES string of the molecule is CC[C@H]1CN(C(C)c2ccc3c(c2)OCCO3)[C@H](CC)CN1c1cc(=O)n(C)c2cn(C3CCCCO3)nc12. The predicted molar refractivity (Wildman–Crippen MR) is 152 cm³/mol. The Labute approximate surface area is 230 Å². The van der Waals surface area contributed by atoms with Crippen molar-refractivity contribution in [1.82, 2.24) is 19.2 Å². The molecule has 0 N–H and O–H groups in total. The van der Waals surface area contributed by atoms with Crippen LogP contribution in [0.4, 0.5) is 5.69 Å². The van der Waals surface area contributed by atoms with Crippen LogP contribution in [0.25, 0.3) is 11.0 Å². The number of aryl methyl sites for hydroxylation is 1. The smallest absolute Gasteiger partial charge is 0.252 e. The first-order valence-electron chi connectivity index (χ1n) is 14.6. The maximum atomic E-state index is 13.1. The molecule has 1 aromatic carbocycles. The normalized spacial score (nSPS) is 24.7. The molecule has 39 heavy (non-hydrogen) atoms. The Balaban J connectivity index is 1.32. The number of ether oxygens (including phenoxy) is 3. The fourth-order valence-electron chi connectivity index (χ4n) is 6.48. The quantitative estimate of drug-likeness (QED) is 0.455. The number of benzene rings is 1. The number of anilines is 1. The Hall–Kier alpha value is -3.04. The molecule has 2 saturated heterocycles. The standard InChI is InChI=1S/C30H41N5O4/c1-5-22-18-34(23(6-2)17-33(22)20(3)21-10-11-26-27(15-21)38-14-13-37-26)24-16-28(36)32(4)25-19-35(31-30(24)25)29-9-7-8-12-39-29/h10-11,15-16,19-20,22-23,29H,5-9,12-14,17-18H2,1-4H3/t20?,22-,23+,29?/m1/s1. The third-order valence-electron chi connectivity index (χ3n) is 8.89. The van der Waals surface area contributed by atoms with Crippen LogP contribution in [0.5, 0.6) is 11.5 Å². The molecule has 3 aromatic rings. The fraction of sp³-hybridized carbons (Fsp3) is 0.600. The molecule has 0 saturated carbocycles. The Bertz CT molecular complexity index is 1380. The van der Waals surface area contributed by atoms with E-state index in [-0.39, 0.29) is 23.9 Å². The zero-order valence-electron chi connectivity index (χ0n) is 23.6. The monoisotopic (exact) mass is 535 g/mol. The molecule has 3 aliphatic heterocycles. The molecule has 2 aromatic heterocycles. The lowest BCUT2D eigenvalue weighted by molar-refractivity contribution is -0.0390. The fourth-order valence-corrected chi connectivity index (χ4v) is 6.48. The molecule has 0 aliphatic carbocycles. The van der Waals surface area contributed by atoms with Crippen molar-refractivity contribution in [3.63, 3.8) is 0 Å². The van der Waals surface area contributed by atoms with E-state index >= 15 is 0 Å². The molecule has 0 spiro atoms. The zero-order chi connectivity index (χ0) is 27.1. The van der Waals surface area contributed by atoms with Gasteiger partial charge in [-0.2, -0.15) is 5.10 Å². The molecule has 5 heterocycles. The van der Waals surface area contributed by atoms with E-state index in [4.69, 9.17) is 19.3 Å². The molecule has 2 unspecified atom stereocenters. The Kier molecular flexibility index (Phi) is 7.29. The lowest BCUT2D eigenvalue weighted by Crippen LogP contribution is -2.58. The summed E-state index contributed by atoms with van der Waals surface area (Å²) in [4.78, 5) is 18.2. The molecule has 6 rings (SSSR count). The summed E-state index contributed by atoms with van der Waals surface area (Å²) in [6, 6.07) is 8.96. The third-order valence-corrected chi connectivity index (χ3v) is 8.89. The van der Waals surface area contributed by atoms with Gasteiger partial charge in [-0.15, -0.1) is 0 Å². The van der Waals surface area contributed by atoms with Crippen LogP contribution < -0.4 is 19.9 Å². The third kappa shape index (κ3) is 4.80. The number of hydrogen-bond acceptors (Lipinski definition) is 7. The van der Waals surface area contributed by atoms with E-state index < -0.39 is 0 Å². The van der Waals surface area contributed by atoms with Crippen molar-refractivity contribution in [2.24, 2.45) is 7.05 Å². The van der Waals surface area contributed by atoms with Crippen LogP contribution >= 0.6 is 0 Å². The second kappa shape index (κ2) is 10.8. The molecule has 210 valence electrons. The van der Waals surface area contributed by atoms with Gasteiger partial charge in [0.05, 0.1) is 17.4 Å². The highest BCUT2D eigenvalue weighted by Gasteiger charge is 2.37. The number of rotatable bonds is 6. The van der Waals surface area contributed by atoms with Gasteiger partial charge in [0.2, 0.25) is 0 Å². The molecule has 3 aliphatic rings. The highest BCUT2D eigenvalue weighted by Crippen LogP contribution is 2.38. The molecule has 4 atom stereocenters. The summed E-state index contributed by atoms with van der Waals surface area (Å²) in [5, 5.41) is 5.03. The van der Waals surface area contributed by atoms with E-state index in [0.717, 1.165) is 80.0 Å². The van der Waals surface area contributed by atoms with Crippen molar-refractivity contribution < 1.29 is 14.2 Å². The van der Waals surface area contributed by atoms with Gasteiger partial charge in [-0.25, -0.2) is 4.68 Å². The predicted octanol–water partition coefficient (Wildman–Crippen LogP) is 4.65. The minimum absolute atomic E-state index is 0.00316. The number of hydrogen-bond donors (Lipinski definition) is 0. The largest absolute Gasteiger partial charge is 0.486 e. The summed E-state index contributed by atoms with van der Waals surface area (Å²) >= 11 is 0. The maximum absolute atomic E-state index is 13.1. The van der Waals surface area contributed by atoms with E-state index in [9.17, 15) is 4.79 Å². The number of aromatic nitrogens is 3. The lowest BCUT2D eigenvalue weighted by atomic mass is 9.96. The Morgan fingerprint density at radius 3 is 2.54 bits per heavy atom. The van der Waals surface area contributed by atoms with E-state index in [1.165, 1.54) is 5.56 Å². The molecule has 9 heteroatoms. The number of fused-ring (bicyclic) bond motifs is 2. The summed E-state index contributed by atoms with van der Waals surface area (Å²) < 4.78 is 21.3. The van der Waals surface area contributed by atoms with Crippen LogP contribution in [0.1, 0.15) is 70.7 Å². The highest BCUT2D eigenvalue weighted by molar-refractivity contribution is 5.88. The van der Waals surface area contributed by atoms with Crippen molar-refractivity contribution in [3.8, 4) is 11.5 Å². The summed E-state index contributed by atoms with van der Waals surface area (Å²) in [6.07, 6.45) is 7.09. The second-order valence-corrected chi connectivity index (χ2v) is 11.1. The van der Waals surface area contributed by atoms with Gasteiger partial charge < -0.3 is 23.7 Å². The van der Waals surface area contributed by atoms with Crippen LogP contribution in [0.3, 0.4) is 0 Å². The van der Waals surface area contributed by atoms with Gasteiger partial charge in [0.1, 0.15) is 25.0 Å². The van der Waals surface area contributed by atoms with Gasteiger partial charge in [-0.05, 0) is 56.7 Å². The summed E-state index contributed by atoms with van der Waals surface area (Å²) in [6.45, 7) is 10.5. The van der Waals surface area contributed by atoms with Gasteiger partial charge in [-0.1, -0.05) is 19.9 Å². The second-order valence-electron chi connectivity index (χ2n) is 11.1. The van der Waals surface area contributed by atoms with Crippen molar-refractivity contribution >= 4 is 16.7 Å². The van der Waals surface area contributed by atoms with Crippen LogP contribution in [0.2, 0.25) is 0 Å². The van der Waals surface area contributed by atoms with Gasteiger partial charge in [0.25, 0.3) is 5.56 Å². The summed E-state index contributed by atoms with van der Waals surface area (Å²) in [7, 11) is 1.83. The van der Waals surface area contributed by atoms with Gasteiger partial charge in [0, 0.05) is 50.9 Å². The van der Waals surface area contributed by atoms with Crippen LogP contribution in [0.15, 0.2) is 35.3 Å². The number of pyridine rings is 1. The summed E-state index contributed by atoms with van der Waals surface area (Å²) in [5.74, 6) is 1.66. The van der Waals surface area contributed by atoms with Gasteiger partial charge in [-0.3, -0.25) is 9.69 Å². The molecule has 2 fully saturated rings. The topological polar surface area (TPSA) is 74.0 Å². The van der Waals surface area contributed by atoms with Gasteiger partial charge in [0.15, 0.2) is 11.5 Å². The maximum Gasteiger partial charge on any atom is 0.252 e. The molecular formula is C30H41N5O4. The molecule has 0 amide bonds. The average molecular weight is 536 g/mol. The first-order valence-corrected chi connectivity index (χ1v) is 14.6. The first kappa shape index (κ1) is 26.2. The first-order chi connectivity index (χ1) is 19.0. The van der Waals surface area contributed by atoms with Crippen molar-refractivity contribution in [2.75, 3.05) is 37.8 Å². The van der Waals surface area contributed by atoms with Crippen molar-refractivity contribution in [3.05, 3.63) is 46.4 Å². The minimum atomic E-state index is -0.0665. The minimum Gasteiger partial charge on any atom is -0.486 e. The van der Waals surface area contributed by atoms with Crippen LogP contribution in [-0.2, 0) is 11.8 Å². The Morgan fingerprint density at radius 1 is 1.00 bits per heavy atom. The molecule has 0 radical (unpaired) electrons. The number of nitrogens with zero attached hydrogens (tertiary/aromatic N) is 5. The van der Waals surface area contributed by atoms with Crippen molar-refractivity contribution in [1.29, 1.82) is 0 Å². The Morgan fingerprint density at radius 2 is 1.79 bits per heavy atom. The molecule has 9 nitrogen and oxygen atoms in total. The van der Waals surface area contributed by atoms with E-state index in [2.05, 4.69) is 42.7 Å². The molecule has 0 bridgehead atoms. The number of piperazine rings is 1. The van der Waals surface area contributed by atoms with Crippen molar-refractivity contribution in [2.45, 2.75) is 77.2 Å². The zero-order valence-corrected chi connectivity index (χ0v) is 23.6. The van der Waals surface area contributed by atoms with Crippen LogP contribution in [-0.4, -0.2) is 64.2 Å².